The monoisotopic (exact) mass is 350 g/mol. The summed E-state index contributed by atoms with van der Waals surface area (Å²) in [5.41, 5.74) is 0.884. The third-order valence-corrected chi connectivity index (χ3v) is 5.89. The summed E-state index contributed by atoms with van der Waals surface area (Å²) in [6, 6.07) is 0. The maximum Gasteiger partial charge on any atom is 0.249 e. The first-order chi connectivity index (χ1) is 11.9. The van der Waals surface area contributed by atoms with Crippen molar-refractivity contribution in [2.75, 3.05) is 40.0 Å². The highest BCUT2D eigenvalue weighted by molar-refractivity contribution is 5.78. The molecule has 1 aromatic heterocycles. The van der Waals surface area contributed by atoms with Gasteiger partial charge >= 0.3 is 0 Å². The Kier molecular flexibility index (Phi) is 5.18. The van der Waals surface area contributed by atoms with E-state index in [9.17, 15) is 9.90 Å². The number of hydrogen-bond acceptors (Lipinski definition) is 5. The lowest BCUT2D eigenvalue weighted by Gasteiger charge is -2.39. The average Bonchev–Trinajstić information content (AvgIpc) is 3.12. The first-order valence-corrected chi connectivity index (χ1v) is 9.00. The molecule has 0 saturated carbocycles. The van der Waals surface area contributed by atoms with Gasteiger partial charge < -0.3 is 14.7 Å². The van der Waals surface area contributed by atoms with Gasteiger partial charge in [-0.3, -0.25) is 14.4 Å². The molecule has 0 aliphatic carbocycles. The molecular formula is C18H30N4O3. The van der Waals surface area contributed by atoms with Gasteiger partial charge in [0.25, 0.3) is 0 Å². The molecular weight excluding hydrogens is 320 g/mol. The fraction of sp³-hybridized carbons (Fsp3) is 0.778. The largest absolute Gasteiger partial charge is 0.394 e. The van der Waals surface area contributed by atoms with E-state index in [2.05, 4.69) is 16.2 Å². The van der Waals surface area contributed by atoms with Crippen molar-refractivity contribution >= 4 is 5.91 Å². The van der Waals surface area contributed by atoms with Gasteiger partial charge in [-0.1, -0.05) is 0 Å². The second-order valence-corrected chi connectivity index (χ2v) is 8.04. The molecule has 0 radical (unpaired) electrons. The number of aliphatic hydroxyl groups is 1. The minimum Gasteiger partial charge on any atom is -0.394 e. The van der Waals surface area contributed by atoms with Crippen LogP contribution in [0, 0.1) is 5.41 Å². The van der Waals surface area contributed by atoms with E-state index in [4.69, 9.17) is 4.74 Å². The lowest BCUT2D eigenvalue weighted by Crippen LogP contribution is -2.49. The molecule has 1 amide bonds. The van der Waals surface area contributed by atoms with Crippen molar-refractivity contribution < 1.29 is 14.6 Å². The normalized spacial score (nSPS) is 26.5. The summed E-state index contributed by atoms with van der Waals surface area (Å²) < 4.78 is 6.86. The van der Waals surface area contributed by atoms with Crippen LogP contribution >= 0.6 is 0 Å². The van der Waals surface area contributed by atoms with Crippen LogP contribution in [0.3, 0.4) is 0 Å². The Morgan fingerprint density at radius 3 is 2.68 bits per heavy atom. The highest BCUT2D eigenvalue weighted by Gasteiger charge is 2.52. The summed E-state index contributed by atoms with van der Waals surface area (Å²) in [5.74, 6) is -0.0197. The number of likely N-dealkylation sites (tertiary alicyclic amines) is 2. The van der Waals surface area contributed by atoms with Crippen LogP contribution in [0.25, 0.3) is 0 Å². The highest BCUT2D eigenvalue weighted by atomic mass is 16.5. The van der Waals surface area contributed by atoms with E-state index < -0.39 is 5.54 Å². The van der Waals surface area contributed by atoms with Crippen LogP contribution in [0.15, 0.2) is 12.4 Å². The Labute approximate surface area is 149 Å². The molecule has 2 fully saturated rings. The van der Waals surface area contributed by atoms with E-state index >= 15 is 0 Å². The average molecular weight is 350 g/mol. The molecule has 0 aromatic carbocycles. The number of aliphatic hydroxyl groups excluding tert-OH is 1. The van der Waals surface area contributed by atoms with Crippen molar-refractivity contribution in [3.63, 3.8) is 0 Å². The topological polar surface area (TPSA) is 70.8 Å². The standard InChI is InChI=1S/C18H30N4O3/c1-17(14-23)12-18(13-22(17)16(24)11-25-3)4-6-21(7-5-18)10-15-8-19-20(2)9-15/h8-9,23H,4-7,10-14H2,1-3H3/t17-/m1/s1. The Balaban J connectivity index is 1.63. The molecule has 1 spiro atoms. The number of methoxy groups -OCH3 is 1. The summed E-state index contributed by atoms with van der Waals surface area (Å²) in [4.78, 5) is 16.7. The van der Waals surface area contributed by atoms with Crippen molar-refractivity contribution in [2.24, 2.45) is 12.5 Å². The summed E-state index contributed by atoms with van der Waals surface area (Å²) in [6.45, 7) is 5.77. The molecule has 7 nitrogen and oxygen atoms in total. The number of aryl methyl sites for hydroxylation is 1. The molecule has 2 aliphatic rings. The number of amides is 1. The van der Waals surface area contributed by atoms with Crippen LogP contribution in [0.2, 0.25) is 0 Å². The van der Waals surface area contributed by atoms with E-state index in [1.807, 2.05) is 29.7 Å². The fourth-order valence-corrected chi connectivity index (χ4v) is 4.55. The van der Waals surface area contributed by atoms with Gasteiger partial charge in [-0.2, -0.15) is 5.10 Å². The summed E-state index contributed by atoms with van der Waals surface area (Å²) in [5, 5.41) is 14.2. The van der Waals surface area contributed by atoms with Crippen LogP contribution in [0.5, 0.6) is 0 Å². The van der Waals surface area contributed by atoms with Gasteiger partial charge in [0.15, 0.2) is 0 Å². The molecule has 2 aliphatic heterocycles. The maximum atomic E-state index is 12.4. The second-order valence-electron chi connectivity index (χ2n) is 8.04. The van der Waals surface area contributed by atoms with Gasteiger partial charge in [0.2, 0.25) is 5.91 Å². The lowest BCUT2D eigenvalue weighted by molar-refractivity contribution is -0.140. The van der Waals surface area contributed by atoms with Gasteiger partial charge in [-0.25, -0.2) is 0 Å². The molecule has 2 saturated heterocycles. The zero-order chi connectivity index (χ0) is 18.1. The Bertz CT molecular complexity index is 609. The van der Waals surface area contributed by atoms with Crippen molar-refractivity contribution in [3.8, 4) is 0 Å². The molecule has 7 heteroatoms. The van der Waals surface area contributed by atoms with E-state index in [1.54, 1.807) is 0 Å². The minimum absolute atomic E-state index is 0.00357. The number of nitrogens with zero attached hydrogens (tertiary/aromatic N) is 4. The number of piperidine rings is 1. The van der Waals surface area contributed by atoms with Crippen molar-refractivity contribution in [3.05, 3.63) is 18.0 Å². The highest BCUT2D eigenvalue weighted by Crippen LogP contribution is 2.48. The van der Waals surface area contributed by atoms with Gasteiger partial charge in [-0.05, 0) is 44.7 Å². The van der Waals surface area contributed by atoms with E-state index in [-0.39, 0.29) is 24.5 Å². The lowest BCUT2D eigenvalue weighted by atomic mass is 9.74. The molecule has 3 rings (SSSR count). The number of hydrogen-bond donors (Lipinski definition) is 1. The number of carbonyl (C=O) groups excluding carboxylic acids is 1. The van der Waals surface area contributed by atoms with Crippen LogP contribution in [-0.4, -0.2) is 76.1 Å². The smallest absolute Gasteiger partial charge is 0.249 e. The maximum absolute atomic E-state index is 12.4. The predicted octanol–water partition coefficient (Wildman–Crippen LogP) is 0.632. The van der Waals surface area contributed by atoms with Crippen molar-refractivity contribution in [1.82, 2.24) is 19.6 Å². The Morgan fingerprint density at radius 1 is 1.40 bits per heavy atom. The predicted molar refractivity (Wildman–Crippen MR) is 93.8 cm³/mol. The number of ether oxygens (including phenoxy) is 1. The fourth-order valence-electron chi connectivity index (χ4n) is 4.55. The summed E-state index contributed by atoms with van der Waals surface area (Å²) in [6.07, 6.45) is 6.97. The first-order valence-electron chi connectivity index (χ1n) is 9.00. The summed E-state index contributed by atoms with van der Waals surface area (Å²) >= 11 is 0. The molecule has 1 atom stereocenters. The van der Waals surface area contributed by atoms with Crippen molar-refractivity contribution in [1.29, 1.82) is 0 Å². The molecule has 3 heterocycles. The molecule has 25 heavy (non-hydrogen) atoms. The minimum atomic E-state index is -0.471. The second kappa shape index (κ2) is 7.05. The Hall–Kier alpha value is -1.44. The molecule has 1 aromatic rings. The third-order valence-electron chi connectivity index (χ3n) is 5.89. The third kappa shape index (κ3) is 3.73. The van der Waals surface area contributed by atoms with Crippen LogP contribution in [0.1, 0.15) is 31.7 Å². The van der Waals surface area contributed by atoms with Gasteiger partial charge in [0, 0.05) is 39.0 Å². The molecule has 0 bridgehead atoms. The molecule has 0 unspecified atom stereocenters. The number of carbonyl (C=O) groups is 1. The molecule has 140 valence electrons. The quantitative estimate of drug-likeness (QED) is 0.844. The number of rotatable bonds is 5. The van der Waals surface area contributed by atoms with Gasteiger partial charge in [0.1, 0.15) is 6.61 Å². The van der Waals surface area contributed by atoms with Crippen LogP contribution < -0.4 is 0 Å². The van der Waals surface area contributed by atoms with E-state index in [0.717, 1.165) is 45.4 Å². The molecule has 1 N–H and O–H groups in total. The Morgan fingerprint density at radius 2 is 2.12 bits per heavy atom. The van der Waals surface area contributed by atoms with Gasteiger partial charge in [-0.15, -0.1) is 0 Å². The zero-order valence-electron chi connectivity index (χ0n) is 15.6. The van der Waals surface area contributed by atoms with E-state index in [0.29, 0.717) is 0 Å². The van der Waals surface area contributed by atoms with Crippen LogP contribution in [0.4, 0.5) is 0 Å². The van der Waals surface area contributed by atoms with E-state index in [1.165, 1.54) is 12.7 Å². The van der Waals surface area contributed by atoms with Gasteiger partial charge in [0.05, 0.1) is 18.3 Å². The first kappa shape index (κ1) is 18.4. The SMILES string of the molecule is COCC(=O)N1CC2(CCN(Cc3cnn(C)c3)CC2)C[C@]1(C)CO. The number of aromatic nitrogens is 2. The van der Waals surface area contributed by atoms with Crippen molar-refractivity contribution in [2.45, 2.75) is 38.3 Å². The summed E-state index contributed by atoms with van der Waals surface area (Å²) in [7, 11) is 3.48. The van der Waals surface area contributed by atoms with Crippen LogP contribution in [-0.2, 0) is 23.1 Å². The zero-order valence-corrected chi connectivity index (χ0v) is 15.6.